The highest BCUT2D eigenvalue weighted by Crippen LogP contribution is 2.29. The lowest BCUT2D eigenvalue weighted by Gasteiger charge is -2.33. The summed E-state index contributed by atoms with van der Waals surface area (Å²) in [6, 6.07) is 17.7. The minimum Gasteiger partial charge on any atom is -0.357 e. The van der Waals surface area contributed by atoms with Gasteiger partial charge in [0, 0.05) is 29.2 Å². The van der Waals surface area contributed by atoms with Gasteiger partial charge in [-0.2, -0.15) is 0 Å². The summed E-state index contributed by atoms with van der Waals surface area (Å²) in [7, 11) is -2.66. The van der Waals surface area contributed by atoms with E-state index in [9.17, 15) is 18.0 Å². The van der Waals surface area contributed by atoms with Crippen LogP contribution >= 0.6 is 23.2 Å². The van der Waals surface area contributed by atoms with Crippen LogP contribution in [0.3, 0.4) is 0 Å². The van der Waals surface area contributed by atoms with Crippen LogP contribution in [0.15, 0.2) is 71.6 Å². The number of benzene rings is 3. The van der Waals surface area contributed by atoms with E-state index in [4.69, 9.17) is 23.2 Å². The van der Waals surface area contributed by atoms with Crippen molar-refractivity contribution in [2.45, 2.75) is 57.5 Å². The third kappa shape index (κ3) is 7.16. The standard InChI is InChI=1S/C30H35Cl2N3O4S/c1-6-28(30(37)33-5)34(18-25-26(31)8-7-9-27(25)32)29(36)19-35(23-14-12-22(13-15-23)20(2)3)40(38,39)24-16-10-21(4)11-17-24/h7-17,20,28H,6,18-19H2,1-5H3,(H,33,37)/t28-/m0/s1. The van der Waals surface area contributed by atoms with E-state index >= 15 is 0 Å². The van der Waals surface area contributed by atoms with Gasteiger partial charge in [-0.25, -0.2) is 8.42 Å². The monoisotopic (exact) mass is 603 g/mol. The van der Waals surface area contributed by atoms with Gasteiger partial charge in [-0.3, -0.25) is 13.9 Å². The van der Waals surface area contributed by atoms with Crippen molar-refractivity contribution >= 4 is 50.7 Å². The van der Waals surface area contributed by atoms with Gasteiger partial charge in [-0.05, 0) is 61.2 Å². The van der Waals surface area contributed by atoms with Crippen molar-refractivity contribution in [2.75, 3.05) is 17.9 Å². The van der Waals surface area contributed by atoms with E-state index in [0.717, 1.165) is 15.4 Å². The van der Waals surface area contributed by atoms with Crippen LogP contribution in [0.2, 0.25) is 10.0 Å². The lowest BCUT2D eigenvalue weighted by Crippen LogP contribution is -2.51. The number of carbonyl (C=O) groups excluding carboxylic acids is 2. The first-order valence-corrected chi connectivity index (χ1v) is 15.2. The molecule has 0 spiro atoms. The Labute approximate surface area is 247 Å². The molecule has 214 valence electrons. The van der Waals surface area contributed by atoms with Crippen molar-refractivity contribution in [3.63, 3.8) is 0 Å². The van der Waals surface area contributed by atoms with Crippen LogP contribution in [0.25, 0.3) is 0 Å². The summed E-state index contributed by atoms with van der Waals surface area (Å²) in [5, 5.41) is 3.28. The quantitative estimate of drug-likeness (QED) is 0.284. The molecule has 7 nitrogen and oxygen atoms in total. The minimum atomic E-state index is -4.15. The average Bonchev–Trinajstić information content (AvgIpc) is 2.93. The highest BCUT2D eigenvalue weighted by atomic mass is 35.5. The number of halogens is 2. The van der Waals surface area contributed by atoms with E-state index in [1.54, 1.807) is 49.4 Å². The summed E-state index contributed by atoms with van der Waals surface area (Å²) in [5.74, 6) is -0.713. The molecular formula is C30H35Cl2N3O4S. The zero-order valence-electron chi connectivity index (χ0n) is 23.3. The number of carbonyl (C=O) groups is 2. The Morgan fingerprint density at radius 1 is 0.925 bits per heavy atom. The van der Waals surface area contributed by atoms with Crippen LogP contribution < -0.4 is 9.62 Å². The zero-order valence-corrected chi connectivity index (χ0v) is 25.6. The Morgan fingerprint density at radius 3 is 2.00 bits per heavy atom. The maximum atomic E-state index is 14.0. The first-order valence-electron chi connectivity index (χ1n) is 13.0. The highest BCUT2D eigenvalue weighted by Gasteiger charge is 2.34. The first-order chi connectivity index (χ1) is 18.9. The number of amides is 2. The second-order valence-corrected chi connectivity index (χ2v) is 12.5. The smallest absolute Gasteiger partial charge is 0.264 e. The summed E-state index contributed by atoms with van der Waals surface area (Å²) >= 11 is 12.8. The summed E-state index contributed by atoms with van der Waals surface area (Å²) in [6.45, 7) is 7.12. The van der Waals surface area contributed by atoms with Crippen LogP contribution in [0.1, 0.15) is 49.8 Å². The van der Waals surface area contributed by atoms with E-state index < -0.39 is 28.5 Å². The predicted octanol–water partition coefficient (Wildman–Crippen LogP) is 6.17. The van der Waals surface area contributed by atoms with Crippen LogP contribution in [-0.4, -0.2) is 44.8 Å². The van der Waals surface area contributed by atoms with Crippen molar-refractivity contribution in [2.24, 2.45) is 0 Å². The molecule has 3 aromatic rings. The molecular weight excluding hydrogens is 569 g/mol. The molecule has 0 aliphatic carbocycles. The van der Waals surface area contributed by atoms with Gasteiger partial charge in [0.1, 0.15) is 12.6 Å². The molecule has 0 fully saturated rings. The summed E-state index contributed by atoms with van der Waals surface area (Å²) in [6.07, 6.45) is 0.293. The summed E-state index contributed by atoms with van der Waals surface area (Å²) < 4.78 is 29.0. The fourth-order valence-electron chi connectivity index (χ4n) is 4.33. The fourth-order valence-corrected chi connectivity index (χ4v) is 6.26. The summed E-state index contributed by atoms with van der Waals surface area (Å²) in [5.41, 5.74) is 2.74. The summed E-state index contributed by atoms with van der Waals surface area (Å²) in [4.78, 5) is 28.3. The topological polar surface area (TPSA) is 86.8 Å². The Hall–Kier alpha value is -3.07. The molecule has 10 heteroatoms. The average molecular weight is 605 g/mol. The van der Waals surface area contributed by atoms with Crippen molar-refractivity contribution in [3.05, 3.63) is 93.5 Å². The van der Waals surface area contributed by atoms with E-state index in [0.29, 0.717) is 27.7 Å². The molecule has 2 amide bonds. The van der Waals surface area contributed by atoms with Gasteiger partial charge in [-0.15, -0.1) is 0 Å². The Morgan fingerprint density at radius 2 is 1.50 bits per heavy atom. The lowest BCUT2D eigenvalue weighted by atomic mass is 10.0. The fraction of sp³-hybridized carbons (Fsp3) is 0.333. The molecule has 0 saturated heterocycles. The predicted molar refractivity (Wildman–Crippen MR) is 161 cm³/mol. The molecule has 3 rings (SSSR count). The molecule has 40 heavy (non-hydrogen) atoms. The largest absolute Gasteiger partial charge is 0.357 e. The van der Waals surface area contributed by atoms with Gasteiger partial charge in [-0.1, -0.05) is 79.9 Å². The normalized spacial score (nSPS) is 12.2. The molecule has 0 radical (unpaired) electrons. The maximum Gasteiger partial charge on any atom is 0.264 e. The molecule has 0 bridgehead atoms. The zero-order chi connectivity index (χ0) is 29.6. The van der Waals surface area contributed by atoms with Crippen LogP contribution in [0.4, 0.5) is 5.69 Å². The lowest BCUT2D eigenvalue weighted by molar-refractivity contribution is -0.140. The molecule has 0 aromatic heterocycles. The number of rotatable bonds is 11. The van der Waals surface area contributed by atoms with Gasteiger partial charge in [0.05, 0.1) is 10.6 Å². The van der Waals surface area contributed by atoms with Gasteiger partial charge >= 0.3 is 0 Å². The van der Waals surface area contributed by atoms with Crippen molar-refractivity contribution in [1.82, 2.24) is 10.2 Å². The first kappa shape index (κ1) is 31.5. The molecule has 0 aliphatic heterocycles. The number of likely N-dealkylation sites (N-methyl/N-ethyl adjacent to an activating group) is 1. The molecule has 3 aromatic carbocycles. The van der Waals surface area contributed by atoms with Gasteiger partial charge in [0.15, 0.2) is 0 Å². The van der Waals surface area contributed by atoms with Gasteiger partial charge in [0.25, 0.3) is 10.0 Å². The second kappa shape index (κ2) is 13.5. The highest BCUT2D eigenvalue weighted by molar-refractivity contribution is 7.92. The minimum absolute atomic E-state index is 0.0536. The number of hydrogen-bond donors (Lipinski definition) is 1. The number of aryl methyl sites for hydroxylation is 1. The van der Waals surface area contributed by atoms with Crippen LogP contribution in [0.5, 0.6) is 0 Å². The number of sulfonamides is 1. The Bertz CT molecular complexity index is 1420. The molecule has 0 aliphatic rings. The molecule has 0 heterocycles. The van der Waals surface area contributed by atoms with E-state index in [1.165, 1.54) is 24.1 Å². The van der Waals surface area contributed by atoms with Crippen molar-refractivity contribution in [3.8, 4) is 0 Å². The van der Waals surface area contributed by atoms with Crippen molar-refractivity contribution < 1.29 is 18.0 Å². The van der Waals surface area contributed by atoms with Crippen LogP contribution in [0, 0.1) is 6.92 Å². The molecule has 1 N–H and O–H groups in total. The molecule has 0 unspecified atom stereocenters. The third-order valence-corrected chi connectivity index (χ3v) is 9.25. The number of anilines is 1. The maximum absolute atomic E-state index is 14.0. The SMILES string of the molecule is CC[C@@H](C(=O)NC)N(Cc1c(Cl)cccc1Cl)C(=O)CN(c1ccc(C(C)C)cc1)S(=O)(=O)c1ccc(C)cc1. The van der Waals surface area contributed by atoms with E-state index in [1.807, 2.05) is 32.9 Å². The van der Waals surface area contributed by atoms with E-state index in [2.05, 4.69) is 5.32 Å². The number of nitrogens with one attached hydrogen (secondary N) is 1. The van der Waals surface area contributed by atoms with E-state index in [-0.39, 0.29) is 23.3 Å². The third-order valence-electron chi connectivity index (χ3n) is 6.76. The second-order valence-electron chi connectivity index (χ2n) is 9.83. The Kier molecular flexibility index (Phi) is 10.6. The van der Waals surface area contributed by atoms with Gasteiger partial charge in [0.2, 0.25) is 11.8 Å². The number of nitrogens with zero attached hydrogens (tertiary/aromatic N) is 2. The number of hydrogen-bond acceptors (Lipinski definition) is 4. The van der Waals surface area contributed by atoms with Crippen molar-refractivity contribution in [1.29, 1.82) is 0 Å². The molecule has 0 saturated carbocycles. The van der Waals surface area contributed by atoms with Gasteiger partial charge < -0.3 is 10.2 Å². The molecule has 1 atom stereocenters. The van der Waals surface area contributed by atoms with Crippen LogP contribution in [-0.2, 0) is 26.2 Å². The Balaban J connectivity index is 2.11.